The van der Waals surface area contributed by atoms with Crippen LogP contribution < -0.4 is 0 Å². The summed E-state index contributed by atoms with van der Waals surface area (Å²) in [6, 6.07) is 0. The van der Waals surface area contributed by atoms with Gasteiger partial charge in [0.1, 0.15) is 0 Å². The molecule has 0 aromatic rings. The fourth-order valence-corrected chi connectivity index (χ4v) is 5.95. The highest BCUT2D eigenvalue weighted by molar-refractivity contribution is 4.84. The van der Waals surface area contributed by atoms with E-state index in [2.05, 4.69) is 12.2 Å². The molecule has 0 aromatic carbocycles. The van der Waals surface area contributed by atoms with Crippen molar-refractivity contribution in [3.63, 3.8) is 0 Å². The van der Waals surface area contributed by atoms with Crippen LogP contribution in [0.3, 0.4) is 0 Å². The zero-order valence-corrected chi connectivity index (χ0v) is 27.8. The van der Waals surface area contributed by atoms with Gasteiger partial charge in [0.2, 0.25) is 0 Å². The molecule has 3 N–H and O–H groups in total. The Labute approximate surface area is 258 Å². The van der Waals surface area contributed by atoms with Crippen molar-refractivity contribution in [3.05, 3.63) is 12.2 Å². The highest BCUT2D eigenvalue weighted by atomic mass is 16.3. The zero-order valence-electron chi connectivity index (χ0n) is 27.8. The molecule has 3 nitrogen and oxygen atoms in total. The van der Waals surface area contributed by atoms with E-state index in [9.17, 15) is 5.11 Å². The van der Waals surface area contributed by atoms with Gasteiger partial charge in [-0.2, -0.15) is 0 Å². The first kappa shape index (κ1) is 40.6. The number of hydrogen-bond acceptors (Lipinski definition) is 3. The van der Waals surface area contributed by atoms with E-state index in [-0.39, 0.29) is 6.10 Å². The summed E-state index contributed by atoms with van der Waals surface area (Å²) in [5, 5.41) is 27.7. The Morgan fingerprint density at radius 1 is 0.317 bits per heavy atom. The lowest BCUT2D eigenvalue weighted by Gasteiger charge is -2.08. The van der Waals surface area contributed by atoms with Gasteiger partial charge in [0.05, 0.1) is 6.10 Å². The summed E-state index contributed by atoms with van der Waals surface area (Å²) in [6.45, 7) is 0.701. The molecule has 0 fully saturated rings. The first-order valence-corrected chi connectivity index (χ1v) is 18.9. The molecule has 3 heteroatoms. The van der Waals surface area contributed by atoms with Gasteiger partial charge in [-0.25, -0.2) is 0 Å². The largest absolute Gasteiger partial charge is 0.396 e. The summed E-state index contributed by atoms with van der Waals surface area (Å²) < 4.78 is 0. The van der Waals surface area contributed by atoms with Gasteiger partial charge in [-0.3, -0.25) is 0 Å². The molecule has 0 aliphatic rings. The first-order chi connectivity index (χ1) is 20.3. The van der Waals surface area contributed by atoms with E-state index in [0.717, 1.165) is 38.5 Å². The van der Waals surface area contributed by atoms with Crippen LogP contribution in [0.4, 0.5) is 0 Å². The molecule has 1 unspecified atom stereocenters. The van der Waals surface area contributed by atoms with Crippen LogP contribution in [0.5, 0.6) is 0 Å². The lowest BCUT2D eigenvalue weighted by atomic mass is 10.0. The summed E-state index contributed by atoms with van der Waals surface area (Å²) in [7, 11) is 0. The third-order valence-electron chi connectivity index (χ3n) is 8.80. The van der Waals surface area contributed by atoms with Gasteiger partial charge in [-0.15, -0.1) is 0 Å². The van der Waals surface area contributed by atoms with Crippen LogP contribution in [0.2, 0.25) is 0 Å². The van der Waals surface area contributed by atoms with Crippen molar-refractivity contribution in [1.29, 1.82) is 0 Å². The van der Waals surface area contributed by atoms with Gasteiger partial charge in [-0.05, 0) is 38.5 Å². The molecular weight excluding hydrogens is 504 g/mol. The van der Waals surface area contributed by atoms with Crippen molar-refractivity contribution in [2.45, 2.75) is 218 Å². The second kappa shape index (κ2) is 37.6. The quantitative estimate of drug-likeness (QED) is 0.0510. The van der Waals surface area contributed by atoms with E-state index in [0.29, 0.717) is 13.2 Å². The molecule has 0 bridgehead atoms. The van der Waals surface area contributed by atoms with Crippen LogP contribution in [0.1, 0.15) is 212 Å². The summed E-state index contributed by atoms with van der Waals surface area (Å²) in [5.41, 5.74) is 0. The lowest BCUT2D eigenvalue weighted by Crippen LogP contribution is -2.04. The molecule has 0 aliphatic heterocycles. The molecule has 0 heterocycles. The van der Waals surface area contributed by atoms with Gasteiger partial charge >= 0.3 is 0 Å². The molecule has 0 saturated heterocycles. The van der Waals surface area contributed by atoms with Crippen LogP contribution in [-0.4, -0.2) is 34.6 Å². The van der Waals surface area contributed by atoms with Gasteiger partial charge in [-0.1, -0.05) is 186 Å². The summed E-state index contributed by atoms with van der Waals surface area (Å²) in [5.74, 6) is 0. The average Bonchev–Trinajstić information content (AvgIpc) is 2.98. The molecule has 41 heavy (non-hydrogen) atoms. The monoisotopic (exact) mass is 581 g/mol. The maximum absolute atomic E-state index is 10.2. The molecule has 246 valence electrons. The predicted molar refractivity (Wildman–Crippen MR) is 182 cm³/mol. The smallest absolute Gasteiger partial charge is 0.0574 e. The highest BCUT2D eigenvalue weighted by Gasteiger charge is 2.01. The molecule has 0 rings (SSSR count). The normalized spacial score (nSPS) is 12.6. The molecule has 0 saturated carbocycles. The Balaban J connectivity index is 3.15. The summed E-state index contributed by atoms with van der Waals surface area (Å²) in [4.78, 5) is 0. The van der Waals surface area contributed by atoms with E-state index in [4.69, 9.17) is 10.2 Å². The van der Waals surface area contributed by atoms with Crippen molar-refractivity contribution < 1.29 is 15.3 Å². The number of hydrogen-bond donors (Lipinski definition) is 3. The second-order valence-electron chi connectivity index (χ2n) is 13.0. The van der Waals surface area contributed by atoms with E-state index < -0.39 is 0 Å². The number of unbranched alkanes of at least 4 members (excludes halogenated alkanes) is 29. The molecule has 0 aromatic heterocycles. The van der Waals surface area contributed by atoms with Crippen LogP contribution in [-0.2, 0) is 0 Å². The molecule has 0 spiro atoms. The first-order valence-electron chi connectivity index (χ1n) is 18.9. The van der Waals surface area contributed by atoms with E-state index >= 15 is 0 Å². The maximum Gasteiger partial charge on any atom is 0.0574 e. The third kappa shape index (κ3) is 37.6. The fraction of sp³-hybridized carbons (Fsp3) is 0.947. The zero-order chi connectivity index (χ0) is 29.7. The van der Waals surface area contributed by atoms with Crippen molar-refractivity contribution >= 4 is 0 Å². The number of aliphatic hydroxyl groups is 3. The Morgan fingerprint density at radius 2 is 0.585 bits per heavy atom. The predicted octanol–water partition coefficient (Wildman–Crippen LogP) is 11.8. The van der Waals surface area contributed by atoms with E-state index in [1.54, 1.807) is 0 Å². The van der Waals surface area contributed by atoms with Gasteiger partial charge in [0.15, 0.2) is 0 Å². The third-order valence-corrected chi connectivity index (χ3v) is 8.80. The van der Waals surface area contributed by atoms with E-state index in [1.165, 1.54) is 173 Å². The molecular formula is C38H76O3. The van der Waals surface area contributed by atoms with Crippen LogP contribution in [0, 0.1) is 0 Å². The average molecular weight is 581 g/mol. The van der Waals surface area contributed by atoms with Gasteiger partial charge in [0.25, 0.3) is 0 Å². The number of aliphatic hydroxyl groups excluding tert-OH is 3. The van der Waals surface area contributed by atoms with Crippen molar-refractivity contribution in [2.75, 3.05) is 13.2 Å². The SMILES string of the molecule is OCCCCCCCCC=CCC(O)CCCCCCCCCCCCCCCCCCCCCCCCCCO. The van der Waals surface area contributed by atoms with Crippen LogP contribution in [0.15, 0.2) is 12.2 Å². The minimum Gasteiger partial charge on any atom is -0.396 e. The summed E-state index contributed by atoms with van der Waals surface area (Å²) in [6.07, 6.45) is 47.4. The van der Waals surface area contributed by atoms with E-state index in [1.807, 2.05) is 0 Å². The number of rotatable bonds is 36. The second-order valence-corrected chi connectivity index (χ2v) is 13.0. The lowest BCUT2D eigenvalue weighted by molar-refractivity contribution is 0.163. The minimum absolute atomic E-state index is 0.149. The van der Waals surface area contributed by atoms with Crippen molar-refractivity contribution in [1.82, 2.24) is 0 Å². The topological polar surface area (TPSA) is 60.7 Å². The molecule has 0 radical (unpaired) electrons. The summed E-state index contributed by atoms with van der Waals surface area (Å²) >= 11 is 0. The Morgan fingerprint density at radius 3 is 0.902 bits per heavy atom. The highest BCUT2D eigenvalue weighted by Crippen LogP contribution is 2.16. The van der Waals surface area contributed by atoms with Crippen molar-refractivity contribution in [3.8, 4) is 0 Å². The van der Waals surface area contributed by atoms with Crippen LogP contribution in [0.25, 0.3) is 0 Å². The minimum atomic E-state index is -0.149. The van der Waals surface area contributed by atoms with Crippen molar-refractivity contribution in [2.24, 2.45) is 0 Å². The standard InChI is InChI=1S/C38H76O3/c39-36-32-28-24-20-16-14-12-10-8-6-4-2-1-3-5-7-9-11-13-15-18-22-26-30-34-38(41)35-31-27-23-19-17-21-25-29-33-37-40/h27,31,38-41H,1-26,28-30,32-37H2. The Kier molecular flexibility index (Phi) is 37.3. The maximum atomic E-state index is 10.2. The van der Waals surface area contributed by atoms with Crippen LogP contribution >= 0.6 is 0 Å². The number of allylic oxidation sites excluding steroid dienone is 1. The molecule has 1 atom stereocenters. The fourth-order valence-electron chi connectivity index (χ4n) is 5.95. The van der Waals surface area contributed by atoms with Gasteiger partial charge < -0.3 is 15.3 Å². The molecule has 0 amide bonds. The van der Waals surface area contributed by atoms with Gasteiger partial charge in [0, 0.05) is 13.2 Å². The molecule has 0 aliphatic carbocycles. The Hall–Kier alpha value is -0.380. The Bertz CT molecular complexity index is 478.